The first kappa shape index (κ1) is 32.6. The van der Waals surface area contributed by atoms with Crippen LogP contribution < -0.4 is 20.9 Å². The van der Waals surface area contributed by atoms with Gasteiger partial charge >= 0.3 is 6.11 Å². The average molecular weight is 626 g/mol. The van der Waals surface area contributed by atoms with Crippen molar-refractivity contribution in [3.05, 3.63) is 70.2 Å². The molecule has 3 heterocycles. The average Bonchev–Trinajstić information content (AvgIpc) is 3.41. The summed E-state index contributed by atoms with van der Waals surface area (Å²) in [6.45, 7) is 0.639. The topological polar surface area (TPSA) is 123 Å². The number of amides is 2. The summed E-state index contributed by atoms with van der Waals surface area (Å²) < 4.78 is 75.6. The van der Waals surface area contributed by atoms with Gasteiger partial charge in [-0.2, -0.15) is 13.2 Å². The number of pyridine rings is 1. The van der Waals surface area contributed by atoms with E-state index < -0.39 is 41.6 Å². The minimum Gasteiger partial charge on any atom is -0.433 e. The predicted molar refractivity (Wildman–Crippen MR) is 148 cm³/mol. The number of likely N-dealkylation sites (tertiary alicyclic amines) is 1. The van der Waals surface area contributed by atoms with Crippen molar-refractivity contribution in [2.24, 2.45) is 0 Å². The first-order valence-electron chi connectivity index (χ1n) is 13.9. The van der Waals surface area contributed by atoms with E-state index in [1.165, 1.54) is 36.7 Å². The Kier molecular flexibility index (Phi) is 10.7. The van der Waals surface area contributed by atoms with Crippen molar-refractivity contribution in [1.29, 1.82) is 0 Å². The molecular weight excluding hydrogens is 593 g/mol. The number of carbonyl (C=O) groups is 2. The number of aryl methyl sites for hydroxylation is 1. The molecule has 2 unspecified atom stereocenters. The van der Waals surface area contributed by atoms with Crippen LogP contribution in [0.15, 0.2) is 47.5 Å². The van der Waals surface area contributed by atoms with Gasteiger partial charge in [0, 0.05) is 32.8 Å². The van der Waals surface area contributed by atoms with Crippen molar-refractivity contribution in [3.8, 4) is 5.75 Å². The Labute approximate surface area is 249 Å². The number of rotatable bonds is 13. The number of piperidine rings is 1. The number of hydrogen-bond donors (Lipinski definition) is 2. The Hall–Kier alpha value is -4.34. The lowest BCUT2D eigenvalue weighted by molar-refractivity contribution is -0.159. The van der Waals surface area contributed by atoms with Crippen molar-refractivity contribution in [2.45, 2.75) is 64.3 Å². The maximum absolute atomic E-state index is 14.7. The highest BCUT2D eigenvalue weighted by Crippen LogP contribution is 2.22. The maximum Gasteiger partial charge on any atom is 0.394 e. The Bertz CT molecular complexity index is 1510. The lowest BCUT2D eigenvalue weighted by Crippen LogP contribution is -2.41. The molecule has 2 atom stereocenters. The largest absolute Gasteiger partial charge is 0.433 e. The molecule has 1 aliphatic rings. The number of ether oxygens (including phenoxy) is 1. The summed E-state index contributed by atoms with van der Waals surface area (Å²) in [7, 11) is 0. The van der Waals surface area contributed by atoms with Crippen LogP contribution >= 0.6 is 0 Å². The monoisotopic (exact) mass is 625 g/mol. The number of anilines is 1. The predicted octanol–water partition coefficient (Wildman–Crippen LogP) is 3.30. The van der Waals surface area contributed by atoms with E-state index in [0.29, 0.717) is 31.9 Å². The smallest absolute Gasteiger partial charge is 0.394 e. The molecule has 1 aromatic carbocycles. The second kappa shape index (κ2) is 14.4. The van der Waals surface area contributed by atoms with Gasteiger partial charge in [0.1, 0.15) is 18.1 Å². The highest BCUT2D eigenvalue weighted by Gasteiger charge is 2.24. The first-order chi connectivity index (χ1) is 20.9. The van der Waals surface area contributed by atoms with Crippen LogP contribution in [0.1, 0.15) is 42.2 Å². The summed E-state index contributed by atoms with van der Waals surface area (Å²) in [5.74, 6) is -2.48. The zero-order valence-electron chi connectivity index (χ0n) is 23.8. The molecule has 2 N–H and O–H groups in total. The SMILES string of the molecule is CC(F)(F)Oc1cccc(CNC(=O)c2cn(CC(F)CCn3ccc(NC(=O)CN4CCCC(F)C4)c(F)c3=O)nn2)c1. The van der Waals surface area contributed by atoms with Gasteiger partial charge in [-0.3, -0.25) is 19.3 Å². The van der Waals surface area contributed by atoms with E-state index in [9.17, 15) is 36.3 Å². The van der Waals surface area contributed by atoms with E-state index in [-0.39, 0.29) is 56.3 Å². The summed E-state index contributed by atoms with van der Waals surface area (Å²) >= 11 is 0. The number of benzene rings is 1. The van der Waals surface area contributed by atoms with Crippen LogP contribution in [-0.2, 0) is 24.4 Å². The summed E-state index contributed by atoms with van der Waals surface area (Å²) in [5.41, 5.74) is -0.978. The molecule has 11 nitrogen and oxygen atoms in total. The second-order valence-electron chi connectivity index (χ2n) is 10.5. The van der Waals surface area contributed by atoms with Gasteiger partial charge in [-0.25, -0.2) is 13.5 Å². The molecular formula is C28H32F5N7O4. The Morgan fingerprint density at radius 3 is 2.80 bits per heavy atom. The van der Waals surface area contributed by atoms with Gasteiger partial charge in [0.15, 0.2) is 5.69 Å². The molecule has 3 aromatic rings. The molecule has 16 heteroatoms. The fraction of sp³-hybridized carbons (Fsp3) is 0.464. The lowest BCUT2D eigenvalue weighted by Gasteiger charge is -2.28. The van der Waals surface area contributed by atoms with Gasteiger partial charge < -0.3 is 19.9 Å². The minimum atomic E-state index is -3.36. The third-order valence-corrected chi connectivity index (χ3v) is 6.68. The Morgan fingerprint density at radius 2 is 2.05 bits per heavy atom. The van der Waals surface area contributed by atoms with Crippen molar-refractivity contribution >= 4 is 17.5 Å². The van der Waals surface area contributed by atoms with Gasteiger partial charge in [0.2, 0.25) is 11.7 Å². The van der Waals surface area contributed by atoms with E-state index in [0.717, 1.165) is 9.25 Å². The van der Waals surface area contributed by atoms with Crippen LogP contribution in [0.25, 0.3) is 0 Å². The molecule has 1 aliphatic heterocycles. The van der Waals surface area contributed by atoms with Crippen molar-refractivity contribution in [3.63, 3.8) is 0 Å². The van der Waals surface area contributed by atoms with Crippen LogP contribution in [0, 0.1) is 5.82 Å². The molecule has 1 fully saturated rings. The van der Waals surface area contributed by atoms with Gasteiger partial charge in [-0.1, -0.05) is 17.3 Å². The second-order valence-corrected chi connectivity index (χ2v) is 10.5. The molecule has 0 aliphatic carbocycles. The summed E-state index contributed by atoms with van der Waals surface area (Å²) in [6.07, 6.45) is -2.61. The van der Waals surface area contributed by atoms with Gasteiger partial charge in [-0.15, -0.1) is 5.10 Å². The molecule has 238 valence electrons. The van der Waals surface area contributed by atoms with Crippen LogP contribution in [0.3, 0.4) is 0 Å². The Morgan fingerprint density at radius 1 is 1.25 bits per heavy atom. The third kappa shape index (κ3) is 9.59. The van der Waals surface area contributed by atoms with E-state index >= 15 is 0 Å². The molecule has 0 bridgehead atoms. The minimum absolute atomic E-state index is 0.0182. The van der Waals surface area contributed by atoms with E-state index in [4.69, 9.17) is 0 Å². The van der Waals surface area contributed by atoms with E-state index in [2.05, 4.69) is 25.7 Å². The third-order valence-electron chi connectivity index (χ3n) is 6.68. The summed E-state index contributed by atoms with van der Waals surface area (Å²) in [5, 5.41) is 12.3. The molecule has 0 spiro atoms. The van der Waals surface area contributed by atoms with Crippen LogP contribution in [-0.4, -0.2) is 74.4 Å². The number of nitrogens with one attached hydrogen (secondary N) is 2. The van der Waals surface area contributed by atoms with Crippen molar-refractivity contribution in [1.82, 2.24) is 29.8 Å². The molecule has 4 rings (SSSR count). The fourth-order valence-corrected chi connectivity index (χ4v) is 4.62. The fourth-order valence-electron chi connectivity index (χ4n) is 4.62. The molecule has 44 heavy (non-hydrogen) atoms. The van der Waals surface area contributed by atoms with Crippen molar-refractivity contribution in [2.75, 3.05) is 25.0 Å². The zero-order chi connectivity index (χ0) is 31.9. The summed E-state index contributed by atoms with van der Waals surface area (Å²) in [6, 6.07) is 7.00. The van der Waals surface area contributed by atoms with Crippen molar-refractivity contribution < 1.29 is 36.3 Å². The van der Waals surface area contributed by atoms with Gasteiger partial charge in [0.05, 0.1) is 25.0 Å². The number of alkyl halides is 4. The lowest BCUT2D eigenvalue weighted by atomic mass is 10.1. The van der Waals surface area contributed by atoms with Gasteiger partial charge in [0.25, 0.3) is 11.5 Å². The number of aromatic nitrogens is 4. The Balaban J connectivity index is 1.24. The normalized spacial score (nSPS) is 16.4. The molecule has 2 amide bonds. The van der Waals surface area contributed by atoms with Crippen LogP contribution in [0.5, 0.6) is 5.75 Å². The molecule has 0 saturated carbocycles. The van der Waals surface area contributed by atoms with Crippen LogP contribution in [0.2, 0.25) is 0 Å². The van der Waals surface area contributed by atoms with E-state index in [1.807, 2.05) is 0 Å². The standard InChI is InChI=1S/C28H32F5N7O4/c1-28(32,33)44-21-6-2-4-18(12-21)13-34-26(42)23-16-40(37-36-23)15-20(30)7-10-39-11-8-22(25(31)27(39)43)35-24(41)17-38-9-3-5-19(29)14-38/h2,4,6,8,11-12,16,19-20H,3,5,7,9-10,13-15,17H2,1H3,(H,34,42)(H,35,41). The number of nitrogens with zero attached hydrogens (tertiary/aromatic N) is 5. The van der Waals surface area contributed by atoms with E-state index in [1.54, 1.807) is 11.0 Å². The molecule has 2 aromatic heterocycles. The quantitative estimate of drug-likeness (QED) is 0.280. The zero-order valence-corrected chi connectivity index (χ0v) is 23.8. The maximum atomic E-state index is 14.7. The summed E-state index contributed by atoms with van der Waals surface area (Å²) in [4.78, 5) is 38.7. The van der Waals surface area contributed by atoms with Crippen LogP contribution in [0.4, 0.5) is 27.6 Å². The molecule has 0 radical (unpaired) electrons. The number of carbonyl (C=O) groups excluding carboxylic acids is 2. The number of halogens is 5. The highest BCUT2D eigenvalue weighted by atomic mass is 19.3. The number of hydrogen-bond acceptors (Lipinski definition) is 7. The molecule has 1 saturated heterocycles. The van der Waals surface area contributed by atoms with Gasteiger partial charge in [-0.05, 0) is 49.6 Å². The first-order valence-corrected chi connectivity index (χ1v) is 13.9. The highest BCUT2D eigenvalue weighted by molar-refractivity contribution is 5.92.